The number of carbonyl (C=O) groups is 2. The number of benzene rings is 2. The van der Waals surface area contributed by atoms with E-state index in [-0.39, 0.29) is 5.75 Å². The van der Waals surface area contributed by atoms with Crippen LogP contribution in [0.1, 0.15) is 36.5 Å². The highest BCUT2D eigenvalue weighted by Crippen LogP contribution is 2.26. The van der Waals surface area contributed by atoms with Crippen molar-refractivity contribution in [3.63, 3.8) is 0 Å². The molecule has 0 aromatic heterocycles. The zero-order valence-corrected chi connectivity index (χ0v) is 15.5. The van der Waals surface area contributed by atoms with Crippen LogP contribution in [0.15, 0.2) is 60.7 Å². The number of allylic oxidation sites excluding steroid dienone is 1. The number of hydroxylamine groups is 1. The number of hydrogen-bond acceptors (Lipinski definition) is 6. The third-order valence-electron chi connectivity index (χ3n) is 3.99. The lowest BCUT2D eigenvalue weighted by atomic mass is 10.0. The molecule has 29 heavy (non-hydrogen) atoms. The fourth-order valence-corrected chi connectivity index (χ4v) is 2.54. The molecule has 1 atom stereocenters. The molecule has 0 aliphatic heterocycles. The van der Waals surface area contributed by atoms with Gasteiger partial charge in [0.25, 0.3) is 5.91 Å². The first kappa shape index (κ1) is 21.5. The van der Waals surface area contributed by atoms with Gasteiger partial charge in [0.2, 0.25) is 0 Å². The molecule has 0 radical (unpaired) electrons. The predicted molar refractivity (Wildman–Crippen MR) is 105 cm³/mol. The topological polar surface area (TPSA) is 132 Å². The first-order valence-corrected chi connectivity index (χ1v) is 8.89. The monoisotopic (exact) mass is 395 g/mol. The van der Waals surface area contributed by atoms with Gasteiger partial charge in [0.1, 0.15) is 11.9 Å². The maximum atomic E-state index is 12.3. The first-order valence-electron chi connectivity index (χ1n) is 8.89. The Labute approximate surface area is 168 Å². The Hall–Kier alpha value is -3.83. The van der Waals surface area contributed by atoms with Crippen LogP contribution >= 0.6 is 0 Å². The number of nitrogens with one attached hydrogen (secondary N) is 2. The fraction of sp³-hybridized carbons (Fsp3) is 0.190. The van der Waals surface area contributed by atoms with Crippen LogP contribution in [0, 0.1) is 11.3 Å². The Morgan fingerprint density at radius 2 is 1.83 bits per heavy atom. The number of amides is 2. The largest absolute Gasteiger partial charge is 0.508 e. The molecule has 0 saturated carbocycles. The maximum Gasteiger partial charge on any atom is 0.412 e. The summed E-state index contributed by atoms with van der Waals surface area (Å²) in [7, 11) is 0. The van der Waals surface area contributed by atoms with E-state index in [0.29, 0.717) is 30.5 Å². The molecule has 8 heteroatoms. The van der Waals surface area contributed by atoms with Gasteiger partial charge in [-0.3, -0.25) is 15.3 Å². The molecule has 2 rings (SSSR count). The second kappa shape index (κ2) is 11.1. The molecule has 150 valence electrons. The smallest absolute Gasteiger partial charge is 0.412 e. The summed E-state index contributed by atoms with van der Waals surface area (Å²) in [6.45, 7) is 0. The Morgan fingerprint density at radius 3 is 2.45 bits per heavy atom. The summed E-state index contributed by atoms with van der Waals surface area (Å²) in [6.07, 6.45) is 3.26. The molecule has 8 nitrogen and oxygen atoms in total. The van der Waals surface area contributed by atoms with Gasteiger partial charge in [-0.15, -0.1) is 0 Å². The lowest BCUT2D eigenvalue weighted by Gasteiger charge is -2.18. The van der Waals surface area contributed by atoms with Gasteiger partial charge in [0.15, 0.2) is 0 Å². The highest BCUT2D eigenvalue weighted by atomic mass is 16.6. The van der Waals surface area contributed by atoms with Crippen LogP contribution in [-0.2, 0) is 9.53 Å². The van der Waals surface area contributed by atoms with Crippen LogP contribution in [0.25, 0.3) is 0 Å². The molecule has 0 aliphatic rings. The third kappa shape index (κ3) is 7.36. The Balaban J connectivity index is 1.99. The number of nitriles is 1. The van der Waals surface area contributed by atoms with Crippen molar-refractivity contribution in [3.05, 3.63) is 71.8 Å². The van der Waals surface area contributed by atoms with E-state index in [4.69, 9.17) is 15.2 Å². The molecule has 2 amide bonds. The second-order valence-corrected chi connectivity index (χ2v) is 6.11. The van der Waals surface area contributed by atoms with E-state index in [1.165, 1.54) is 23.7 Å². The van der Waals surface area contributed by atoms with Crippen molar-refractivity contribution in [1.82, 2.24) is 5.48 Å². The molecule has 2 aromatic rings. The van der Waals surface area contributed by atoms with Crippen LogP contribution in [0.5, 0.6) is 5.75 Å². The van der Waals surface area contributed by atoms with Crippen molar-refractivity contribution in [2.45, 2.75) is 25.4 Å². The molecular formula is C21H21N3O5. The SMILES string of the molecule is N#Cc1ccc(NC(=O)O[C@H](CCC/C=C/C(=O)NO)c2ccc(O)cc2)cc1. The maximum absolute atomic E-state index is 12.3. The molecule has 2 aromatic carbocycles. The van der Waals surface area contributed by atoms with E-state index < -0.39 is 18.1 Å². The number of aromatic hydroxyl groups is 1. The lowest BCUT2D eigenvalue weighted by molar-refractivity contribution is -0.124. The number of phenols is 1. The summed E-state index contributed by atoms with van der Waals surface area (Å²) in [5.74, 6) is -0.509. The summed E-state index contributed by atoms with van der Waals surface area (Å²) in [5, 5.41) is 29.4. The Kier molecular flexibility index (Phi) is 8.23. The standard InChI is InChI=1S/C21H21N3O5/c22-14-15-6-10-17(11-7-15)23-21(27)29-19(16-8-12-18(25)13-9-16)4-2-1-3-5-20(26)24-28/h3,5-13,19,25,28H,1-2,4H2,(H,23,27)(H,24,26)/b5-3+/t19-/m1/s1. The summed E-state index contributed by atoms with van der Waals surface area (Å²) in [4.78, 5) is 23.2. The number of phenolic OH excluding ortho intramolecular Hbond substituents is 1. The highest BCUT2D eigenvalue weighted by molar-refractivity contribution is 5.86. The second-order valence-electron chi connectivity index (χ2n) is 6.11. The van der Waals surface area contributed by atoms with Gasteiger partial charge in [0, 0.05) is 11.8 Å². The van der Waals surface area contributed by atoms with Crippen molar-refractivity contribution < 1.29 is 24.6 Å². The summed E-state index contributed by atoms with van der Waals surface area (Å²) >= 11 is 0. The minimum absolute atomic E-state index is 0.104. The Morgan fingerprint density at radius 1 is 1.14 bits per heavy atom. The zero-order valence-electron chi connectivity index (χ0n) is 15.5. The van der Waals surface area contributed by atoms with E-state index in [1.807, 2.05) is 6.07 Å². The molecule has 0 spiro atoms. The average molecular weight is 395 g/mol. The molecule has 0 fully saturated rings. The van der Waals surface area contributed by atoms with Gasteiger partial charge >= 0.3 is 6.09 Å². The lowest BCUT2D eigenvalue weighted by Crippen LogP contribution is -2.17. The predicted octanol–water partition coefficient (Wildman–Crippen LogP) is 3.79. The summed E-state index contributed by atoms with van der Waals surface area (Å²) in [6, 6.07) is 14.7. The number of hydrogen-bond donors (Lipinski definition) is 4. The van der Waals surface area contributed by atoms with Gasteiger partial charge < -0.3 is 9.84 Å². The average Bonchev–Trinajstić information content (AvgIpc) is 2.73. The van der Waals surface area contributed by atoms with Crippen LogP contribution in [0.4, 0.5) is 10.5 Å². The molecule has 0 bridgehead atoms. The minimum Gasteiger partial charge on any atom is -0.508 e. The highest BCUT2D eigenvalue weighted by Gasteiger charge is 2.17. The first-order chi connectivity index (χ1) is 14.0. The molecular weight excluding hydrogens is 374 g/mol. The summed E-state index contributed by atoms with van der Waals surface area (Å²) in [5.41, 5.74) is 3.20. The van der Waals surface area contributed by atoms with Gasteiger partial charge in [-0.1, -0.05) is 18.2 Å². The minimum atomic E-state index is -0.650. The van der Waals surface area contributed by atoms with E-state index >= 15 is 0 Å². The van der Waals surface area contributed by atoms with Crippen molar-refractivity contribution in [2.24, 2.45) is 0 Å². The molecule has 0 saturated heterocycles. The number of rotatable bonds is 8. The molecule has 4 N–H and O–H groups in total. The van der Waals surface area contributed by atoms with E-state index in [9.17, 15) is 14.7 Å². The van der Waals surface area contributed by atoms with Crippen molar-refractivity contribution >= 4 is 17.7 Å². The van der Waals surface area contributed by atoms with Gasteiger partial charge in [-0.25, -0.2) is 10.3 Å². The van der Waals surface area contributed by atoms with Crippen LogP contribution in [-0.4, -0.2) is 22.3 Å². The van der Waals surface area contributed by atoms with Crippen molar-refractivity contribution in [2.75, 3.05) is 5.32 Å². The zero-order chi connectivity index (χ0) is 21.1. The number of unbranched alkanes of at least 4 members (excludes halogenated alkanes) is 1. The normalized spacial score (nSPS) is 11.4. The van der Waals surface area contributed by atoms with E-state index in [1.54, 1.807) is 42.5 Å². The Bertz CT molecular complexity index is 886. The van der Waals surface area contributed by atoms with Crippen molar-refractivity contribution in [3.8, 4) is 11.8 Å². The van der Waals surface area contributed by atoms with Crippen LogP contribution < -0.4 is 10.8 Å². The van der Waals surface area contributed by atoms with E-state index in [0.717, 1.165) is 5.56 Å². The quantitative estimate of drug-likeness (QED) is 0.233. The molecule has 0 heterocycles. The summed E-state index contributed by atoms with van der Waals surface area (Å²) < 4.78 is 5.55. The van der Waals surface area contributed by atoms with Gasteiger partial charge in [-0.2, -0.15) is 5.26 Å². The molecule has 0 unspecified atom stereocenters. The van der Waals surface area contributed by atoms with E-state index in [2.05, 4.69) is 5.32 Å². The number of nitrogens with zero attached hydrogens (tertiary/aromatic N) is 1. The van der Waals surface area contributed by atoms with Crippen LogP contribution in [0.3, 0.4) is 0 Å². The van der Waals surface area contributed by atoms with Gasteiger partial charge in [0.05, 0.1) is 11.6 Å². The number of carbonyl (C=O) groups excluding carboxylic acids is 2. The van der Waals surface area contributed by atoms with Crippen LogP contribution in [0.2, 0.25) is 0 Å². The number of anilines is 1. The van der Waals surface area contributed by atoms with Gasteiger partial charge in [-0.05, 0) is 61.2 Å². The third-order valence-corrected chi connectivity index (χ3v) is 3.99. The van der Waals surface area contributed by atoms with Crippen molar-refractivity contribution in [1.29, 1.82) is 5.26 Å². The number of ether oxygens (including phenoxy) is 1. The fourth-order valence-electron chi connectivity index (χ4n) is 2.54. The molecule has 0 aliphatic carbocycles.